The second kappa shape index (κ2) is 8.55. The van der Waals surface area contributed by atoms with E-state index >= 15 is 0 Å². The number of rotatable bonds is 7. The Bertz CT molecular complexity index is 1060. The fourth-order valence-corrected chi connectivity index (χ4v) is 2.75. The van der Waals surface area contributed by atoms with E-state index < -0.39 is 41.5 Å². The highest BCUT2D eigenvalue weighted by molar-refractivity contribution is 5.72. The molecule has 8 heteroatoms. The number of carbonyl (C=O) groups is 1. The van der Waals surface area contributed by atoms with Crippen molar-refractivity contribution in [3.8, 4) is 22.6 Å². The first-order valence-corrected chi connectivity index (χ1v) is 8.50. The molecule has 5 nitrogen and oxygen atoms in total. The van der Waals surface area contributed by atoms with Crippen LogP contribution in [0.5, 0.6) is 11.5 Å². The van der Waals surface area contributed by atoms with Gasteiger partial charge in [-0.3, -0.25) is 0 Å². The van der Waals surface area contributed by atoms with E-state index in [2.05, 4.69) is 5.32 Å². The Kier molecular flexibility index (Phi) is 5.92. The van der Waals surface area contributed by atoms with Gasteiger partial charge in [-0.25, -0.2) is 18.0 Å². The number of carboxylic acid groups (broad SMARTS) is 1. The number of hydrogen-bond donors (Lipinski definition) is 3. The van der Waals surface area contributed by atoms with Gasteiger partial charge in [0.1, 0.15) is 23.1 Å². The van der Waals surface area contributed by atoms with Gasteiger partial charge >= 0.3 is 5.97 Å². The number of para-hydroxylation sites is 1. The maximum atomic E-state index is 14.5. The number of aliphatic carboxylic acids is 1. The average molecular weight is 403 g/mol. The molecule has 0 saturated heterocycles. The van der Waals surface area contributed by atoms with Gasteiger partial charge in [0.15, 0.2) is 18.2 Å². The highest BCUT2D eigenvalue weighted by atomic mass is 19.1. The van der Waals surface area contributed by atoms with E-state index in [-0.39, 0.29) is 12.3 Å². The van der Waals surface area contributed by atoms with Crippen molar-refractivity contribution in [1.82, 2.24) is 0 Å². The quantitative estimate of drug-likeness (QED) is 0.539. The van der Waals surface area contributed by atoms with Crippen LogP contribution in [0, 0.1) is 17.5 Å². The van der Waals surface area contributed by atoms with Crippen LogP contribution in [0.25, 0.3) is 11.1 Å². The van der Waals surface area contributed by atoms with Crippen molar-refractivity contribution in [2.75, 3.05) is 11.9 Å². The van der Waals surface area contributed by atoms with Gasteiger partial charge in [-0.05, 0) is 29.8 Å². The molecule has 150 valence electrons. The van der Waals surface area contributed by atoms with E-state index in [9.17, 15) is 23.1 Å². The number of phenolic OH excluding ortho intramolecular Hbond substituents is 1. The summed E-state index contributed by atoms with van der Waals surface area (Å²) in [6.07, 6.45) is 0. The van der Waals surface area contributed by atoms with Crippen LogP contribution >= 0.6 is 0 Å². The molecule has 0 aliphatic carbocycles. The summed E-state index contributed by atoms with van der Waals surface area (Å²) in [5.41, 5.74) is 0.611. The number of ether oxygens (including phenoxy) is 1. The predicted molar refractivity (Wildman–Crippen MR) is 100 cm³/mol. The van der Waals surface area contributed by atoms with Crippen LogP contribution in [0.15, 0.2) is 54.6 Å². The molecule has 3 aromatic rings. The van der Waals surface area contributed by atoms with Crippen molar-refractivity contribution < 1.29 is 32.9 Å². The summed E-state index contributed by atoms with van der Waals surface area (Å²) in [6.45, 7) is -0.927. The van der Waals surface area contributed by atoms with Crippen molar-refractivity contribution in [3.05, 3.63) is 77.6 Å². The monoisotopic (exact) mass is 403 g/mol. The van der Waals surface area contributed by atoms with Crippen LogP contribution in [0.1, 0.15) is 5.56 Å². The second-order valence-electron chi connectivity index (χ2n) is 6.09. The SMILES string of the molecule is O=C(O)COc1ccc(F)c(NCc2cccc(-c3cccc(F)c3)c2O)c1F. The first-order valence-electron chi connectivity index (χ1n) is 8.50. The summed E-state index contributed by atoms with van der Waals surface area (Å²) in [4.78, 5) is 10.6. The Balaban J connectivity index is 1.84. The lowest BCUT2D eigenvalue weighted by atomic mass is 10.0. The third-order valence-electron chi connectivity index (χ3n) is 4.12. The van der Waals surface area contributed by atoms with Crippen molar-refractivity contribution in [1.29, 1.82) is 0 Å². The van der Waals surface area contributed by atoms with Gasteiger partial charge in [-0.15, -0.1) is 0 Å². The standard InChI is InChI=1S/C21H16F3NO4/c22-14-5-1-3-12(9-14)15-6-2-4-13(21(15)28)10-25-20-16(23)7-8-17(19(20)24)29-11-18(26)27/h1-9,25,28H,10-11H2,(H,26,27). The molecule has 0 atom stereocenters. The van der Waals surface area contributed by atoms with Crippen LogP contribution in [0.2, 0.25) is 0 Å². The van der Waals surface area contributed by atoms with Gasteiger partial charge in [-0.2, -0.15) is 0 Å². The summed E-state index contributed by atoms with van der Waals surface area (Å²) in [6, 6.07) is 12.3. The molecule has 3 aromatic carbocycles. The normalized spacial score (nSPS) is 10.6. The number of halogens is 3. The zero-order valence-electron chi connectivity index (χ0n) is 15.0. The van der Waals surface area contributed by atoms with Crippen LogP contribution in [0.4, 0.5) is 18.9 Å². The number of nitrogens with one attached hydrogen (secondary N) is 1. The summed E-state index contributed by atoms with van der Waals surface area (Å²) in [7, 11) is 0. The Labute approximate surface area is 164 Å². The molecule has 0 heterocycles. The molecule has 0 bridgehead atoms. The molecular weight excluding hydrogens is 387 g/mol. The lowest BCUT2D eigenvalue weighted by Crippen LogP contribution is -2.12. The van der Waals surface area contributed by atoms with E-state index in [0.717, 1.165) is 12.1 Å². The van der Waals surface area contributed by atoms with Gasteiger partial charge in [-0.1, -0.05) is 30.3 Å². The van der Waals surface area contributed by atoms with Crippen molar-refractivity contribution in [3.63, 3.8) is 0 Å². The number of phenols is 1. The molecule has 3 N–H and O–H groups in total. The topological polar surface area (TPSA) is 78.8 Å². The maximum Gasteiger partial charge on any atom is 0.341 e. The Morgan fingerprint density at radius 3 is 2.52 bits per heavy atom. The van der Waals surface area contributed by atoms with Gasteiger partial charge in [0, 0.05) is 17.7 Å². The zero-order chi connectivity index (χ0) is 21.0. The Hall–Kier alpha value is -3.68. The Morgan fingerprint density at radius 1 is 1.03 bits per heavy atom. The smallest absolute Gasteiger partial charge is 0.341 e. The maximum absolute atomic E-state index is 14.5. The summed E-state index contributed by atoms with van der Waals surface area (Å²) < 4.78 is 46.8. The van der Waals surface area contributed by atoms with Crippen molar-refractivity contribution >= 4 is 11.7 Å². The number of carboxylic acids is 1. The van der Waals surface area contributed by atoms with Crippen molar-refractivity contribution in [2.45, 2.75) is 6.54 Å². The minimum atomic E-state index is -1.30. The average Bonchev–Trinajstić information content (AvgIpc) is 2.68. The molecule has 0 aromatic heterocycles. The molecular formula is C21H16F3NO4. The predicted octanol–water partition coefficient (Wildman–Crippen LogP) is 4.55. The second-order valence-corrected chi connectivity index (χ2v) is 6.09. The molecule has 0 aliphatic heterocycles. The van der Waals surface area contributed by atoms with E-state index in [1.54, 1.807) is 24.3 Å². The summed E-state index contributed by atoms with van der Waals surface area (Å²) >= 11 is 0. The van der Waals surface area contributed by atoms with E-state index in [4.69, 9.17) is 9.84 Å². The molecule has 0 saturated carbocycles. The van der Waals surface area contributed by atoms with Gasteiger partial charge in [0.05, 0.1) is 0 Å². The summed E-state index contributed by atoms with van der Waals surface area (Å²) in [5.74, 6) is -4.35. The fraction of sp³-hybridized carbons (Fsp3) is 0.0952. The van der Waals surface area contributed by atoms with E-state index in [1.807, 2.05) is 0 Å². The molecule has 29 heavy (non-hydrogen) atoms. The Morgan fingerprint density at radius 2 is 1.79 bits per heavy atom. The first-order chi connectivity index (χ1) is 13.9. The molecule has 0 radical (unpaired) electrons. The molecule has 0 aliphatic rings. The lowest BCUT2D eigenvalue weighted by Gasteiger charge is -2.14. The highest BCUT2D eigenvalue weighted by Crippen LogP contribution is 2.34. The number of anilines is 1. The minimum absolute atomic E-state index is 0.148. The minimum Gasteiger partial charge on any atom is -0.507 e. The molecule has 0 spiro atoms. The largest absolute Gasteiger partial charge is 0.507 e. The molecule has 0 amide bonds. The van der Waals surface area contributed by atoms with Crippen LogP contribution in [-0.2, 0) is 11.3 Å². The van der Waals surface area contributed by atoms with E-state index in [0.29, 0.717) is 16.7 Å². The molecule has 0 unspecified atom stereocenters. The molecule has 3 rings (SSSR count). The van der Waals surface area contributed by atoms with Crippen LogP contribution in [0.3, 0.4) is 0 Å². The first kappa shape index (κ1) is 20.1. The number of hydrogen-bond acceptors (Lipinski definition) is 4. The van der Waals surface area contributed by atoms with Crippen LogP contribution in [-0.4, -0.2) is 22.8 Å². The van der Waals surface area contributed by atoms with Gasteiger partial charge < -0.3 is 20.3 Å². The molecule has 0 fully saturated rings. The van der Waals surface area contributed by atoms with Gasteiger partial charge in [0.2, 0.25) is 0 Å². The zero-order valence-corrected chi connectivity index (χ0v) is 15.0. The highest BCUT2D eigenvalue weighted by Gasteiger charge is 2.17. The number of aromatic hydroxyl groups is 1. The van der Waals surface area contributed by atoms with Crippen LogP contribution < -0.4 is 10.1 Å². The lowest BCUT2D eigenvalue weighted by molar-refractivity contribution is -0.139. The third-order valence-corrected chi connectivity index (χ3v) is 4.12. The summed E-state index contributed by atoms with van der Waals surface area (Å²) in [5, 5.41) is 21.7. The van der Waals surface area contributed by atoms with Gasteiger partial charge in [0.25, 0.3) is 0 Å². The third kappa shape index (κ3) is 4.60. The van der Waals surface area contributed by atoms with Crippen molar-refractivity contribution in [2.24, 2.45) is 0 Å². The number of benzene rings is 3. The fourth-order valence-electron chi connectivity index (χ4n) is 2.75. The van der Waals surface area contributed by atoms with E-state index in [1.165, 1.54) is 18.2 Å².